The highest BCUT2D eigenvalue weighted by Crippen LogP contribution is 2.20. The normalized spacial score (nSPS) is 10.2. The third-order valence-corrected chi connectivity index (χ3v) is 4.01. The molecule has 0 unspecified atom stereocenters. The fraction of sp³-hybridized carbons (Fsp3) is 0.143. The van der Waals surface area contributed by atoms with Crippen molar-refractivity contribution >= 4 is 46.4 Å². The number of aryl methyl sites for hydroxylation is 1. The minimum absolute atomic E-state index is 0.210. The van der Waals surface area contributed by atoms with Crippen LogP contribution < -0.4 is 10.9 Å². The number of hydrazine groups is 1. The molecule has 0 aliphatic carbocycles. The predicted molar refractivity (Wildman–Crippen MR) is 84.7 cm³/mol. The van der Waals surface area contributed by atoms with Crippen LogP contribution in [-0.2, 0) is 11.2 Å². The molecule has 0 fully saturated rings. The van der Waals surface area contributed by atoms with E-state index in [9.17, 15) is 9.59 Å². The van der Waals surface area contributed by atoms with Gasteiger partial charge in [0.1, 0.15) is 0 Å². The first kappa shape index (κ1) is 15.8. The van der Waals surface area contributed by atoms with E-state index in [1.165, 1.54) is 12.1 Å². The zero-order valence-corrected chi connectivity index (χ0v) is 13.2. The molecule has 1 heterocycles. The van der Waals surface area contributed by atoms with Crippen LogP contribution >= 0.6 is 34.5 Å². The molecular weight excluding hydrogens is 331 g/mol. The highest BCUT2D eigenvalue weighted by Gasteiger charge is 2.12. The summed E-state index contributed by atoms with van der Waals surface area (Å²) in [7, 11) is 0. The van der Waals surface area contributed by atoms with Gasteiger partial charge in [-0.05, 0) is 47.0 Å². The van der Waals surface area contributed by atoms with E-state index in [1.54, 1.807) is 17.4 Å². The van der Waals surface area contributed by atoms with Crippen molar-refractivity contribution in [2.45, 2.75) is 12.8 Å². The Labute approximate surface area is 136 Å². The number of amides is 2. The first-order chi connectivity index (χ1) is 10.1. The molecule has 2 rings (SSSR count). The van der Waals surface area contributed by atoms with Gasteiger partial charge in [-0.25, -0.2) is 0 Å². The molecule has 110 valence electrons. The smallest absolute Gasteiger partial charge is 0.271 e. The van der Waals surface area contributed by atoms with Crippen molar-refractivity contribution in [3.63, 3.8) is 0 Å². The van der Waals surface area contributed by atoms with Crippen LogP contribution in [0.15, 0.2) is 35.0 Å². The van der Waals surface area contributed by atoms with Crippen molar-refractivity contribution in [3.05, 3.63) is 56.2 Å². The number of carbonyl (C=O) groups is 2. The summed E-state index contributed by atoms with van der Waals surface area (Å²) >= 11 is 13.3. The van der Waals surface area contributed by atoms with Crippen LogP contribution in [0.4, 0.5) is 0 Å². The summed E-state index contributed by atoms with van der Waals surface area (Å²) in [5.74, 6) is -0.779. The van der Waals surface area contributed by atoms with E-state index < -0.39 is 5.91 Å². The zero-order valence-electron chi connectivity index (χ0n) is 10.9. The van der Waals surface area contributed by atoms with E-state index in [4.69, 9.17) is 23.2 Å². The van der Waals surface area contributed by atoms with Crippen LogP contribution in [0.2, 0.25) is 10.0 Å². The highest BCUT2D eigenvalue weighted by molar-refractivity contribution is 7.07. The van der Waals surface area contributed by atoms with Gasteiger partial charge in [0.2, 0.25) is 5.91 Å². The molecule has 2 aromatic rings. The highest BCUT2D eigenvalue weighted by atomic mass is 35.5. The lowest BCUT2D eigenvalue weighted by molar-refractivity contribution is -0.121. The average molecular weight is 343 g/mol. The number of rotatable bonds is 4. The summed E-state index contributed by atoms with van der Waals surface area (Å²) in [6, 6.07) is 6.51. The summed E-state index contributed by atoms with van der Waals surface area (Å²) in [5.41, 5.74) is 5.98. The van der Waals surface area contributed by atoms with Crippen LogP contribution in [0.3, 0.4) is 0 Å². The van der Waals surface area contributed by atoms with Crippen molar-refractivity contribution in [3.8, 4) is 0 Å². The van der Waals surface area contributed by atoms with Crippen molar-refractivity contribution in [2.24, 2.45) is 0 Å². The summed E-state index contributed by atoms with van der Waals surface area (Å²) in [4.78, 5) is 23.5. The number of carbonyl (C=O) groups excluding carboxylic acids is 2. The average Bonchev–Trinajstić information content (AvgIpc) is 2.98. The summed E-state index contributed by atoms with van der Waals surface area (Å²) in [6.07, 6.45) is 0.920. The Morgan fingerprint density at radius 2 is 1.95 bits per heavy atom. The molecule has 0 spiro atoms. The molecule has 2 amide bonds. The molecule has 0 bridgehead atoms. The number of hydrogen-bond donors (Lipinski definition) is 2. The number of halogens is 2. The fourth-order valence-electron chi connectivity index (χ4n) is 1.62. The van der Waals surface area contributed by atoms with E-state index in [1.807, 2.05) is 16.8 Å². The Morgan fingerprint density at radius 3 is 2.67 bits per heavy atom. The Kier molecular flexibility index (Phi) is 5.61. The first-order valence-electron chi connectivity index (χ1n) is 6.11. The molecule has 7 heteroatoms. The lowest BCUT2D eigenvalue weighted by atomic mass is 10.2. The van der Waals surface area contributed by atoms with Crippen molar-refractivity contribution < 1.29 is 9.59 Å². The molecule has 4 nitrogen and oxygen atoms in total. The summed E-state index contributed by atoms with van der Waals surface area (Å²) in [5, 5.41) is 4.60. The molecule has 2 N–H and O–H groups in total. The minimum atomic E-state index is -0.508. The van der Waals surface area contributed by atoms with Crippen LogP contribution in [0, 0.1) is 0 Å². The van der Waals surface area contributed by atoms with Crippen molar-refractivity contribution in [1.82, 2.24) is 10.9 Å². The van der Waals surface area contributed by atoms with Gasteiger partial charge in [-0.1, -0.05) is 23.2 Å². The quantitative estimate of drug-likeness (QED) is 0.836. The zero-order chi connectivity index (χ0) is 15.2. The molecular formula is C14H12Cl2N2O2S. The van der Waals surface area contributed by atoms with E-state index in [-0.39, 0.29) is 16.5 Å². The van der Waals surface area contributed by atoms with Gasteiger partial charge in [0, 0.05) is 11.4 Å². The second-order valence-electron chi connectivity index (χ2n) is 4.26. The maximum absolute atomic E-state index is 11.9. The van der Waals surface area contributed by atoms with Crippen LogP contribution in [0.25, 0.3) is 0 Å². The van der Waals surface area contributed by atoms with Gasteiger partial charge < -0.3 is 0 Å². The third kappa shape index (κ3) is 4.74. The van der Waals surface area contributed by atoms with Gasteiger partial charge >= 0.3 is 0 Å². The van der Waals surface area contributed by atoms with Gasteiger partial charge in [0.25, 0.3) is 5.91 Å². The Balaban J connectivity index is 1.83. The van der Waals surface area contributed by atoms with Crippen LogP contribution in [0.5, 0.6) is 0 Å². The van der Waals surface area contributed by atoms with Crippen molar-refractivity contribution in [1.29, 1.82) is 0 Å². The molecule has 21 heavy (non-hydrogen) atoms. The van der Waals surface area contributed by atoms with E-state index >= 15 is 0 Å². The van der Waals surface area contributed by atoms with Gasteiger partial charge in [-0.15, -0.1) is 0 Å². The second kappa shape index (κ2) is 7.45. The van der Waals surface area contributed by atoms with Gasteiger partial charge in [0.15, 0.2) is 0 Å². The van der Waals surface area contributed by atoms with E-state index in [0.29, 0.717) is 17.9 Å². The number of benzene rings is 1. The van der Waals surface area contributed by atoms with Crippen LogP contribution in [-0.4, -0.2) is 11.8 Å². The minimum Gasteiger partial charge on any atom is -0.273 e. The first-order valence-corrected chi connectivity index (χ1v) is 7.81. The standard InChI is InChI=1S/C14H12Cl2N2O2S/c15-10-2-3-12(16)11(7-10)14(20)18-17-13(19)4-1-9-5-6-21-8-9/h2-3,5-8H,1,4H2,(H,17,19)(H,18,20). The maximum atomic E-state index is 11.9. The predicted octanol–water partition coefficient (Wildman–Crippen LogP) is 3.45. The fourth-order valence-corrected chi connectivity index (χ4v) is 2.70. The molecule has 0 saturated heterocycles. The maximum Gasteiger partial charge on any atom is 0.271 e. The summed E-state index contributed by atoms with van der Waals surface area (Å²) < 4.78 is 0. The monoisotopic (exact) mass is 342 g/mol. The Bertz CT molecular complexity index is 644. The summed E-state index contributed by atoms with van der Waals surface area (Å²) in [6.45, 7) is 0. The van der Waals surface area contributed by atoms with E-state index in [0.717, 1.165) is 5.56 Å². The Morgan fingerprint density at radius 1 is 1.14 bits per heavy atom. The van der Waals surface area contributed by atoms with Crippen LogP contribution in [0.1, 0.15) is 22.3 Å². The molecule has 0 aliphatic heterocycles. The molecule has 0 saturated carbocycles. The van der Waals surface area contributed by atoms with Gasteiger partial charge in [-0.3, -0.25) is 20.4 Å². The SMILES string of the molecule is O=C(CCc1ccsc1)NNC(=O)c1cc(Cl)ccc1Cl. The second-order valence-corrected chi connectivity index (χ2v) is 5.88. The topological polar surface area (TPSA) is 58.2 Å². The lowest BCUT2D eigenvalue weighted by Gasteiger charge is -2.08. The molecule has 1 aromatic heterocycles. The largest absolute Gasteiger partial charge is 0.273 e. The third-order valence-electron chi connectivity index (χ3n) is 2.71. The number of hydrogen-bond acceptors (Lipinski definition) is 3. The molecule has 0 atom stereocenters. The number of nitrogens with one attached hydrogen (secondary N) is 2. The van der Waals surface area contributed by atoms with E-state index in [2.05, 4.69) is 10.9 Å². The lowest BCUT2D eigenvalue weighted by Crippen LogP contribution is -2.41. The van der Waals surface area contributed by atoms with Gasteiger partial charge in [0.05, 0.1) is 10.6 Å². The molecule has 0 radical (unpaired) electrons. The Hall–Kier alpha value is -1.56. The van der Waals surface area contributed by atoms with Gasteiger partial charge in [-0.2, -0.15) is 11.3 Å². The number of thiophene rings is 1. The molecule has 0 aliphatic rings. The molecule has 1 aromatic carbocycles. The van der Waals surface area contributed by atoms with Crippen molar-refractivity contribution in [2.75, 3.05) is 0 Å².